The summed E-state index contributed by atoms with van der Waals surface area (Å²) in [7, 11) is 0. The highest BCUT2D eigenvalue weighted by Crippen LogP contribution is 2.30. The summed E-state index contributed by atoms with van der Waals surface area (Å²) < 4.78 is 0.767. The molecule has 1 amide bonds. The van der Waals surface area contributed by atoms with Gasteiger partial charge in [-0.2, -0.15) is 0 Å². The molecule has 1 aliphatic rings. The number of benzene rings is 1. The summed E-state index contributed by atoms with van der Waals surface area (Å²) in [4.78, 5) is 14.8. The zero-order valence-corrected chi connectivity index (χ0v) is 11.7. The van der Waals surface area contributed by atoms with Crippen LogP contribution in [0.25, 0.3) is 0 Å². The molecule has 1 aromatic rings. The first-order valence-electron chi connectivity index (χ1n) is 5.54. The molecule has 3 nitrogen and oxygen atoms in total. The molecular weight excluding hydrogens is 302 g/mol. The first kappa shape index (κ1) is 12.9. The maximum absolute atomic E-state index is 12.3. The topological polar surface area (TPSA) is 40.5 Å². The second-order valence-electron chi connectivity index (χ2n) is 4.12. The summed E-state index contributed by atoms with van der Waals surface area (Å²) in [6, 6.07) is 5.70. The van der Waals surface area contributed by atoms with Crippen molar-refractivity contribution in [2.75, 3.05) is 13.2 Å². The van der Waals surface area contributed by atoms with Gasteiger partial charge < -0.3 is 10.0 Å². The van der Waals surface area contributed by atoms with Gasteiger partial charge in [0.2, 0.25) is 0 Å². The van der Waals surface area contributed by atoms with Gasteiger partial charge in [0.25, 0.3) is 5.91 Å². The number of nitrogens with zero attached hydrogens (tertiary/aromatic N) is 1. The molecule has 0 heterocycles. The van der Waals surface area contributed by atoms with Crippen LogP contribution in [-0.2, 0) is 0 Å². The van der Waals surface area contributed by atoms with Crippen molar-refractivity contribution in [1.82, 2.24) is 4.90 Å². The summed E-state index contributed by atoms with van der Waals surface area (Å²) >= 11 is 7.62. The van der Waals surface area contributed by atoms with Crippen LogP contribution in [0.3, 0.4) is 0 Å². The van der Waals surface area contributed by atoms with Crippen molar-refractivity contribution in [1.29, 1.82) is 0 Å². The molecular formula is C12H14BrNO2S. The number of carbonyl (C=O) groups is 1. The molecule has 2 rings (SSSR count). The molecule has 0 aromatic heterocycles. The minimum Gasteiger partial charge on any atom is -0.395 e. The van der Waals surface area contributed by atoms with E-state index in [0.717, 1.165) is 22.2 Å². The number of aliphatic hydroxyl groups is 1. The lowest BCUT2D eigenvalue weighted by Gasteiger charge is -2.22. The predicted molar refractivity (Wildman–Crippen MR) is 72.5 cm³/mol. The molecule has 0 bridgehead atoms. The Hall–Kier alpha value is -0.520. The van der Waals surface area contributed by atoms with E-state index in [-0.39, 0.29) is 12.5 Å². The highest BCUT2D eigenvalue weighted by Gasteiger charge is 2.33. The van der Waals surface area contributed by atoms with Crippen molar-refractivity contribution >= 4 is 34.5 Å². The van der Waals surface area contributed by atoms with Gasteiger partial charge in [-0.25, -0.2) is 0 Å². The molecule has 0 aliphatic heterocycles. The highest BCUT2D eigenvalue weighted by atomic mass is 79.9. The Labute approximate surface area is 114 Å². The predicted octanol–water partition coefficient (Wildman–Crippen LogP) is 2.33. The monoisotopic (exact) mass is 315 g/mol. The smallest absolute Gasteiger partial charge is 0.255 e. The van der Waals surface area contributed by atoms with Gasteiger partial charge >= 0.3 is 0 Å². The third-order valence-electron chi connectivity index (χ3n) is 2.77. The number of carbonyl (C=O) groups excluding carboxylic acids is 1. The fraction of sp³-hybridized carbons (Fsp3) is 0.417. The van der Waals surface area contributed by atoms with E-state index in [2.05, 4.69) is 28.6 Å². The zero-order chi connectivity index (χ0) is 12.4. The van der Waals surface area contributed by atoms with Gasteiger partial charge in [0, 0.05) is 22.0 Å². The van der Waals surface area contributed by atoms with E-state index < -0.39 is 0 Å². The molecule has 1 aromatic carbocycles. The molecule has 92 valence electrons. The van der Waals surface area contributed by atoms with Crippen LogP contribution in [0.5, 0.6) is 0 Å². The van der Waals surface area contributed by atoms with Gasteiger partial charge in [-0.05, 0) is 47.0 Å². The summed E-state index contributed by atoms with van der Waals surface area (Å²) in [5, 5.41) is 9.01. The van der Waals surface area contributed by atoms with Crippen molar-refractivity contribution < 1.29 is 9.90 Å². The third-order valence-corrected chi connectivity index (χ3v) is 3.74. The van der Waals surface area contributed by atoms with Crippen LogP contribution < -0.4 is 0 Å². The normalized spacial score (nSPS) is 14.8. The molecule has 0 unspecified atom stereocenters. The molecule has 1 N–H and O–H groups in total. The van der Waals surface area contributed by atoms with Gasteiger partial charge in [0.05, 0.1) is 12.2 Å². The van der Waals surface area contributed by atoms with Crippen molar-refractivity contribution in [2.45, 2.75) is 23.8 Å². The molecule has 0 atom stereocenters. The number of rotatable bonds is 4. The van der Waals surface area contributed by atoms with Crippen molar-refractivity contribution in [2.24, 2.45) is 0 Å². The van der Waals surface area contributed by atoms with Crippen molar-refractivity contribution in [3.63, 3.8) is 0 Å². The molecule has 0 radical (unpaired) electrons. The van der Waals surface area contributed by atoms with Gasteiger partial charge in [-0.3, -0.25) is 4.79 Å². The summed E-state index contributed by atoms with van der Waals surface area (Å²) in [5.74, 6) is -0.0377. The van der Waals surface area contributed by atoms with Crippen molar-refractivity contribution in [3.8, 4) is 0 Å². The number of amides is 1. The lowest BCUT2D eigenvalue weighted by Crippen LogP contribution is -2.35. The molecule has 17 heavy (non-hydrogen) atoms. The number of thiol groups is 1. The first-order chi connectivity index (χ1) is 8.13. The van der Waals surface area contributed by atoms with Crippen LogP contribution in [-0.4, -0.2) is 35.1 Å². The van der Waals surface area contributed by atoms with E-state index in [1.165, 1.54) is 0 Å². The average Bonchev–Trinajstić information content (AvgIpc) is 3.12. The molecule has 1 aliphatic carbocycles. The highest BCUT2D eigenvalue weighted by molar-refractivity contribution is 9.10. The third kappa shape index (κ3) is 3.03. The maximum Gasteiger partial charge on any atom is 0.255 e. The standard InChI is InChI=1S/C12H14BrNO2S/c13-11-4-3-9(17)7-10(11)12(16)14(5-6-15)8-1-2-8/h3-4,7-8,15,17H,1-2,5-6H2. The number of hydrogen-bond donors (Lipinski definition) is 2. The van der Waals surface area contributed by atoms with E-state index >= 15 is 0 Å². The maximum atomic E-state index is 12.3. The number of aliphatic hydroxyl groups excluding tert-OH is 1. The summed E-state index contributed by atoms with van der Waals surface area (Å²) in [6.45, 7) is 0.396. The molecule has 0 spiro atoms. The number of halogens is 1. The first-order valence-corrected chi connectivity index (χ1v) is 6.78. The largest absolute Gasteiger partial charge is 0.395 e. The summed E-state index contributed by atoms with van der Waals surface area (Å²) in [5.41, 5.74) is 0.609. The van der Waals surface area contributed by atoms with Crippen LogP contribution in [0.1, 0.15) is 23.2 Å². The molecule has 5 heteroatoms. The average molecular weight is 316 g/mol. The van der Waals surface area contributed by atoms with Crippen LogP contribution >= 0.6 is 28.6 Å². The number of hydrogen-bond acceptors (Lipinski definition) is 3. The van der Waals surface area contributed by atoms with E-state index in [4.69, 9.17) is 5.11 Å². The quantitative estimate of drug-likeness (QED) is 0.837. The Balaban J connectivity index is 2.24. The van der Waals surface area contributed by atoms with E-state index in [1.807, 2.05) is 12.1 Å². The molecule has 1 saturated carbocycles. The van der Waals surface area contributed by atoms with Crippen LogP contribution in [0.4, 0.5) is 0 Å². The SMILES string of the molecule is O=C(c1cc(S)ccc1Br)N(CCO)C1CC1. The fourth-order valence-electron chi connectivity index (χ4n) is 1.78. The lowest BCUT2D eigenvalue weighted by molar-refractivity contribution is 0.0706. The lowest BCUT2D eigenvalue weighted by atomic mass is 10.2. The van der Waals surface area contributed by atoms with E-state index in [9.17, 15) is 4.79 Å². The Kier molecular flexibility index (Phi) is 4.12. The second kappa shape index (κ2) is 5.42. The Morgan fingerprint density at radius 3 is 2.82 bits per heavy atom. The van der Waals surface area contributed by atoms with Crippen LogP contribution in [0, 0.1) is 0 Å². The Bertz CT molecular complexity index is 435. The van der Waals surface area contributed by atoms with Gasteiger partial charge in [-0.15, -0.1) is 12.6 Å². The Morgan fingerprint density at radius 1 is 1.53 bits per heavy atom. The van der Waals surface area contributed by atoms with Crippen LogP contribution in [0.15, 0.2) is 27.6 Å². The minimum atomic E-state index is -0.0377. The Morgan fingerprint density at radius 2 is 2.24 bits per heavy atom. The van der Waals surface area contributed by atoms with Gasteiger partial charge in [0.1, 0.15) is 0 Å². The molecule has 1 fully saturated rings. The van der Waals surface area contributed by atoms with Crippen LogP contribution in [0.2, 0.25) is 0 Å². The van der Waals surface area contributed by atoms with Gasteiger partial charge in [0.15, 0.2) is 0 Å². The minimum absolute atomic E-state index is 0.000421. The summed E-state index contributed by atoms with van der Waals surface area (Å²) in [6.07, 6.45) is 2.06. The van der Waals surface area contributed by atoms with E-state index in [1.54, 1.807) is 11.0 Å². The molecule has 0 saturated heterocycles. The van der Waals surface area contributed by atoms with Gasteiger partial charge in [-0.1, -0.05) is 0 Å². The second-order valence-corrected chi connectivity index (χ2v) is 5.49. The fourth-order valence-corrected chi connectivity index (χ4v) is 2.40. The van der Waals surface area contributed by atoms with Crippen molar-refractivity contribution in [3.05, 3.63) is 28.2 Å². The van der Waals surface area contributed by atoms with E-state index in [0.29, 0.717) is 18.2 Å². The zero-order valence-electron chi connectivity index (χ0n) is 9.27.